The van der Waals surface area contributed by atoms with Gasteiger partial charge in [-0.3, -0.25) is 14.4 Å². The standard InChI is InChI=1S/C12H11NO3S/c1-8(14)9-2-4-10(5-3-9)13-11(15)6-17-7-12(13)16/h2-5H,6-7H2,1H3. The van der Waals surface area contributed by atoms with Crippen LogP contribution in [0.1, 0.15) is 17.3 Å². The highest BCUT2D eigenvalue weighted by Gasteiger charge is 2.27. The van der Waals surface area contributed by atoms with Crippen molar-refractivity contribution in [2.45, 2.75) is 6.92 Å². The molecule has 0 bridgehead atoms. The molecule has 0 spiro atoms. The molecule has 1 saturated heterocycles. The summed E-state index contributed by atoms with van der Waals surface area (Å²) in [6.07, 6.45) is 0. The smallest absolute Gasteiger partial charge is 0.243 e. The number of Topliss-reactive ketones (excluding diaryl/α,β-unsaturated/α-hetero) is 1. The van der Waals surface area contributed by atoms with Crippen LogP contribution in [-0.4, -0.2) is 29.1 Å². The molecule has 0 aliphatic carbocycles. The minimum atomic E-state index is -0.207. The number of anilines is 1. The number of hydrogen-bond donors (Lipinski definition) is 0. The maximum Gasteiger partial charge on any atom is 0.243 e. The number of ketones is 1. The Morgan fingerprint density at radius 1 is 1.12 bits per heavy atom. The highest BCUT2D eigenvalue weighted by Crippen LogP contribution is 2.21. The molecule has 1 fully saturated rings. The zero-order valence-corrected chi connectivity index (χ0v) is 10.1. The van der Waals surface area contributed by atoms with Gasteiger partial charge >= 0.3 is 0 Å². The van der Waals surface area contributed by atoms with Crippen LogP contribution in [0.25, 0.3) is 0 Å². The van der Waals surface area contributed by atoms with Gasteiger partial charge in [-0.25, -0.2) is 4.90 Å². The van der Waals surface area contributed by atoms with E-state index in [0.29, 0.717) is 22.8 Å². The first-order valence-electron chi connectivity index (χ1n) is 5.14. The Kier molecular flexibility index (Phi) is 3.28. The number of carbonyl (C=O) groups excluding carboxylic acids is 3. The summed E-state index contributed by atoms with van der Waals surface area (Å²) in [5, 5.41) is 0. The van der Waals surface area contributed by atoms with Crippen molar-refractivity contribution in [3.05, 3.63) is 29.8 Å². The van der Waals surface area contributed by atoms with Gasteiger partial charge in [-0.15, -0.1) is 11.8 Å². The van der Waals surface area contributed by atoms with Gasteiger partial charge in [0.25, 0.3) is 0 Å². The minimum absolute atomic E-state index is 0.0385. The Bertz CT molecular complexity index is 465. The fraction of sp³-hybridized carbons (Fsp3) is 0.250. The van der Waals surface area contributed by atoms with Crippen LogP contribution in [0.3, 0.4) is 0 Å². The fourth-order valence-corrected chi connectivity index (χ4v) is 2.34. The summed E-state index contributed by atoms with van der Waals surface area (Å²) in [6.45, 7) is 1.48. The quantitative estimate of drug-likeness (QED) is 0.588. The lowest BCUT2D eigenvalue weighted by Crippen LogP contribution is -2.43. The van der Waals surface area contributed by atoms with Gasteiger partial charge in [-0.05, 0) is 31.2 Å². The summed E-state index contributed by atoms with van der Waals surface area (Å²) >= 11 is 1.32. The van der Waals surface area contributed by atoms with Gasteiger partial charge in [0.05, 0.1) is 17.2 Å². The second-order valence-electron chi connectivity index (χ2n) is 3.72. The lowest BCUT2D eigenvalue weighted by molar-refractivity contribution is -0.124. The summed E-state index contributed by atoms with van der Waals surface area (Å²) in [5.74, 6) is 0.187. The van der Waals surface area contributed by atoms with Crippen LogP contribution in [0, 0.1) is 0 Å². The van der Waals surface area contributed by atoms with Crippen molar-refractivity contribution in [2.75, 3.05) is 16.4 Å². The van der Waals surface area contributed by atoms with Gasteiger partial charge < -0.3 is 0 Å². The van der Waals surface area contributed by atoms with Crippen LogP contribution in [0.4, 0.5) is 5.69 Å². The topological polar surface area (TPSA) is 54.5 Å². The summed E-state index contributed by atoms with van der Waals surface area (Å²) in [4.78, 5) is 35.6. The molecule has 0 N–H and O–H groups in total. The summed E-state index contributed by atoms with van der Waals surface area (Å²) in [5.41, 5.74) is 1.10. The minimum Gasteiger partial charge on any atom is -0.295 e. The molecule has 2 amide bonds. The SMILES string of the molecule is CC(=O)c1ccc(N2C(=O)CSCC2=O)cc1. The second-order valence-corrected chi connectivity index (χ2v) is 4.70. The third kappa shape index (κ3) is 2.39. The third-order valence-electron chi connectivity index (χ3n) is 2.48. The molecule has 2 rings (SSSR count). The van der Waals surface area contributed by atoms with Gasteiger partial charge in [0.2, 0.25) is 11.8 Å². The van der Waals surface area contributed by atoms with Crippen LogP contribution in [-0.2, 0) is 9.59 Å². The molecule has 1 aromatic rings. The molecular formula is C12H11NO3S. The monoisotopic (exact) mass is 249 g/mol. The van der Waals surface area contributed by atoms with Crippen molar-refractivity contribution in [3.63, 3.8) is 0 Å². The molecule has 0 atom stereocenters. The molecular weight excluding hydrogens is 238 g/mol. The average molecular weight is 249 g/mol. The number of benzene rings is 1. The van der Waals surface area contributed by atoms with Crippen molar-refractivity contribution < 1.29 is 14.4 Å². The molecule has 1 aliphatic heterocycles. The van der Waals surface area contributed by atoms with E-state index in [-0.39, 0.29) is 17.6 Å². The van der Waals surface area contributed by atoms with Gasteiger partial charge in [0.1, 0.15) is 0 Å². The number of imide groups is 1. The first kappa shape index (κ1) is 11.9. The summed E-state index contributed by atoms with van der Waals surface area (Å²) < 4.78 is 0. The van der Waals surface area contributed by atoms with E-state index in [4.69, 9.17) is 0 Å². The van der Waals surface area contributed by atoms with E-state index in [1.54, 1.807) is 24.3 Å². The van der Waals surface area contributed by atoms with Crippen LogP contribution >= 0.6 is 11.8 Å². The normalized spacial score (nSPS) is 16.2. The van der Waals surface area contributed by atoms with E-state index in [2.05, 4.69) is 0 Å². The summed E-state index contributed by atoms with van der Waals surface area (Å²) in [6, 6.07) is 6.50. The van der Waals surface area contributed by atoms with Crippen LogP contribution in [0.5, 0.6) is 0 Å². The van der Waals surface area contributed by atoms with E-state index >= 15 is 0 Å². The predicted molar refractivity (Wildman–Crippen MR) is 66.3 cm³/mol. The van der Waals surface area contributed by atoms with Crippen LogP contribution in [0.15, 0.2) is 24.3 Å². The molecule has 0 radical (unpaired) electrons. The lowest BCUT2D eigenvalue weighted by Gasteiger charge is -2.24. The largest absolute Gasteiger partial charge is 0.295 e. The van der Waals surface area contributed by atoms with Gasteiger partial charge in [0.15, 0.2) is 5.78 Å². The molecule has 1 aromatic carbocycles. The predicted octanol–water partition coefficient (Wildman–Crippen LogP) is 1.50. The summed E-state index contributed by atoms with van der Waals surface area (Å²) in [7, 11) is 0. The maximum atomic E-state index is 11.6. The molecule has 1 heterocycles. The van der Waals surface area contributed by atoms with E-state index < -0.39 is 0 Å². The number of rotatable bonds is 2. The Morgan fingerprint density at radius 2 is 1.65 bits per heavy atom. The van der Waals surface area contributed by atoms with E-state index in [9.17, 15) is 14.4 Å². The third-order valence-corrected chi connectivity index (χ3v) is 3.38. The van der Waals surface area contributed by atoms with E-state index in [1.807, 2.05) is 0 Å². The van der Waals surface area contributed by atoms with Gasteiger partial charge in [0, 0.05) is 5.56 Å². The van der Waals surface area contributed by atoms with Crippen LogP contribution < -0.4 is 4.90 Å². The Hall–Kier alpha value is -1.62. The Labute approximate surface area is 103 Å². The zero-order chi connectivity index (χ0) is 12.4. The van der Waals surface area contributed by atoms with Crippen molar-refractivity contribution in [1.82, 2.24) is 0 Å². The second kappa shape index (κ2) is 4.71. The molecule has 0 aromatic heterocycles. The Morgan fingerprint density at radius 3 is 2.12 bits per heavy atom. The van der Waals surface area contributed by atoms with Crippen molar-refractivity contribution in [3.8, 4) is 0 Å². The average Bonchev–Trinajstić information content (AvgIpc) is 2.29. The number of carbonyl (C=O) groups is 3. The fourth-order valence-electron chi connectivity index (χ4n) is 1.63. The maximum absolute atomic E-state index is 11.6. The first-order chi connectivity index (χ1) is 8.09. The highest BCUT2D eigenvalue weighted by atomic mass is 32.2. The first-order valence-corrected chi connectivity index (χ1v) is 6.29. The van der Waals surface area contributed by atoms with Gasteiger partial charge in [-0.1, -0.05) is 0 Å². The molecule has 5 heteroatoms. The molecule has 17 heavy (non-hydrogen) atoms. The molecule has 0 saturated carbocycles. The van der Waals surface area contributed by atoms with Crippen molar-refractivity contribution in [1.29, 1.82) is 0 Å². The van der Waals surface area contributed by atoms with E-state index in [0.717, 1.165) is 0 Å². The van der Waals surface area contributed by atoms with E-state index in [1.165, 1.54) is 23.6 Å². The van der Waals surface area contributed by atoms with Crippen molar-refractivity contribution in [2.24, 2.45) is 0 Å². The molecule has 4 nitrogen and oxygen atoms in total. The molecule has 1 aliphatic rings. The van der Waals surface area contributed by atoms with Gasteiger partial charge in [-0.2, -0.15) is 0 Å². The molecule has 0 unspecified atom stereocenters. The van der Waals surface area contributed by atoms with Crippen LogP contribution in [0.2, 0.25) is 0 Å². The Balaban J connectivity index is 2.29. The van der Waals surface area contributed by atoms with Crippen molar-refractivity contribution >= 4 is 35.0 Å². The number of nitrogens with zero attached hydrogens (tertiary/aromatic N) is 1. The lowest BCUT2D eigenvalue weighted by atomic mass is 10.1. The number of thioether (sulfide) groups is 1. The highest BCUT2D eigenvalue weighted by molar-refractivity contribution is 8.00. The molecule has 88 valence electrons. The number of hydrogen-bond acceptors (Lipinski definition) is 4. The zero-order valence-electron chi connectivity index (χ0n) is 9.30. The number of amides is 2.